The summed E-state index contributed by atoms with van der Waals surface area (Å²) in [5.74, 6) is 0. The maximum absolute atomic E-state index is 8.73. The molecule has 0 aliphatic rings. The molecule has 0 heterocycles. The molecule has 0 amide bonds. The van der Waals surface area contributed by atoms with E-state index in [1.807, 2.05) is 0 Å². The summed E-state index contributed by atoms with van der Waals surface area (Å²) in [6.45, 7) is 0. The van der Waals surface area contributed by atoms with Gasteiger partial charge in [0.2, 0.25) is 0 Å². The van der Waals surface area contributed by atoms with E-state index < -0.39 is 20.1 Å². The Kier molecular flexibility index (Phi) is 70.6. The van der Waals surface area contributed by atoms with E-state index in [1.165, 1.54) is 0 Å². The van der Waals surface area contributed by atoms with Crippen molar-refractivity contribution < 1.29 is 85.0 Å². The van der Waals surface area contributed by atoms with Crippen molar-refractivity contribution in [3.8, 4) is 0 Å². The average molecular weight is 344 g/mol. The van der Waals surface area contributed by atoms with E-state index in [9.17, 15) is 0 Å². The van der Waals surface area contributed by atoms with Crippen molar-refractivity contribution in [2.45, 2.75) is 0 Å². The molecule has 0 bridgehead atoms. The molecule has 0 aliphatic carbocycles. The van der Waals surface area contributed by atoms with Crippen LogP contribution in [-0.2, 0) is 51.2 Å². The number of rotatable bonds is 0. The van der Waals surface area contributed by atoms with E-state index in [1.54, 1.807) is 0 Å². The van der Waals surface area contributed by atoms with Crippen molar-refractivity contribution in [2.75, 3.05) is 0 Å². The van der Waals surface area contributed by atoms with E-state index in [-0.39, 0.29) is 51.2 Å². The average Bonchev–Trinajstić information content (AvgIpc) is 0.722. The van der Waals surface area contributed by atoms with Crippen LogP contribution in [0.25, 0.3) is 0 Å². The molecular weight excluding hydrogens is 343 g/mol. The Labute approximate surface area is 84.6 Å². The molecule has 0 saturated carbocycles. The first kappa shape index (κ1) is 41.9. The summed E-state index contributed by atoms with van der Waals surface area (Å²) in [6.07, 6.45) is 0. The van der Waals surface area contributed by atoms with Crippen molar-refractivity contribution in [3.63, 3.8) is 0 Å². The van der Waals surface area contributed by atoms with Gasteiger partial charge in [0.1, 0.15) is 0 Å². The largest absolute Gasteiger partial charge is 3.00 e. The molecule has 0 atom stereocenters. The molecule has 0 spiro atoms. The Hall–Kier alpha value is 1.51. The van der Waals surface area contributed by atoms with Crippen molar-refractivity contribution in [1.82, 2.24) is 0 Å². The molecular formula is HCr2IO7. The summed E-state index contributed by atoms with van der Waals surface area (Å²) in [5, 5.41) is 0. The van der Waals surface area contributed by atoms with Crippen molar-refractivity contribution in [3.05, 3.63) is 0 Å². The zero-order valence-corrected chi connectivity index (χ0v) is 8.80. The van der Waals surface area contributed by atoms with Gasteiger partial charge < -0.3 is 16.4 Å². The van der Waals surface area contributed by atoms with Gasteiger partial charge in [-0.05, 0) is 0 Å². The molecule has 0 rings (SSSR count). The van der Waals surface area contributed by atoms with Crippen LogP contribution < -0.4 is 30.4 Å². The quantitative estimate of drug-likeness (QED) is 0.430. The van der Waals surface area contributed by atoms with Crippen molar-refractivity contribution in [1.29, 1.82) is 0 Å². The standard InChI is InChI=1S/2Cr.HIO4.3O/c;;2-1(3,4)5;;;/h;;2H;;;/q2*+3;;3*-2. The zero-order chi connectivity index (χ0) is 4.50. The molecule has 7 nitrogen and oxygen atoms in total. The molecule has 62 valence electrons. The Balaban J connectivity index is -0.00000000800. The molecule has 1 N–H and O–H groups in total. The first-order valence-electron chi connectivity index (χ1n) is 0.632. The molecule has 10 heavy (non-hydrogen) atoms. The molecule has 0 aliphatic heterocycles. The van der Waals surface area contributed by atoms with E-state index in [0.717, 1.165) is 0 Å². The molecule has 0 unspecified atom stereocenters. The first-order chi connectivity index (χ1) is 2.00. The monoisotopic (exact) mass is 344 g/mol. The number of hydrogen-bond donors (Lipinski definition) is 1. The van der Waals surface area contributed by atoms with Gasteiger partial charge in [-0.15, -0.1) is 0 Å². The molecule has 0 fully saturated rings. The second-order valence-corrected chi connectivity index (χ2v) is 2.66. The van der Waals surface area contributed by atoms with Crippen LogP contribution in [0, 0.1) is 0 Å². The van der Waals surface area contributed by atoms with Gasteiger partial charge in [0.15, 0.2) is 0 Å². The summed E-state index contributed by atoms with van der Waals surface area (Å²) >= 11 is -5.69. The van der Waals surface area contributed by atoms with Crippen LogP contribution in [0.2, 0.25) is 0 Å². The predicted molar refractivity (Wildman–Crippen MR) is 4.28 cm³/mol. The topological polar surface area (TPSA) is 175 Å². The Bertz CT molecular complexity index is 27.1. The van der Waals surface area contributed by atoms with Gasteiger partial charge in [0, 0.05) is 3.44 Å². The fourth-order valence-corrected chi connectivity index (χ4v) is 0. The minimum atomic E-state index is -5.69. The molecule has 2 radical (unpaired) electrons. The van der Waals surface area contributed by atoms with Crippen LogP contribution in [0.3, 0.4) is 0 Å². The third-order valence-corrected chi connectivity index (χ3v) is 0. The van der Waals surface area contributed by atoms with E-state index >= 15 is 0 Å². The minimum Gasteiger partial charge on any atom is -2.00 e. The van der Waals surface area contributed by atoms with Gasteiger partial charge in [-0.25, -0.2) is 0 Å². The second kappa shape index (κ2) is 16.9. The van der Waals surface area contributed by atoms with Crippen LogP contribution in [0.15, 0.2) is 0 Å². The fraction of sp³-hybridized carbons (Fsp3) is 0. The summed E-state index contributed by atoms with van der Waals surface area (Å²) < 4.78 is 33.2. The predicted octanol–water partition coefficient (Wildman–Crippen LogP) is -7.48. The third-order valence-electron chi connectivity index (χ3n) is 0. The molecule has 0 aromatic rings. The Morgan fingerprint density at radius 2 is 0.800 bits per heavy atom. The minimum absolute atomic E-state index is 0. The van der Waals surface area contributed by atoms with Crippen LogP contribution in [0.1, 0.15) is 0 Å². The van der Waals surface area contributed by atoms with Crippen LogP contribution in [0.4, 0.5) is 0 Å². The molecule has 0 saturated heterocycles. The SMILES string of the molecule is [Cr+3].[Cr+3].[O-2].[O-2].[O-2].[O-][I+3]([O-])([O-])O. The first-order valence-corrected chi connectivity index (χ1v) is 4.24. The van der Waals surface area contributed by atoms with E-state index in [0.29, 0.717) is 0 Å². The van der Waals surface area contributed by atoms with Gasteiger partial charge in [-0.3, -0.25) is 10.3 Å². The molecule has 0 aromatic carbocycles. The molecule has 0 aromatic heterocycles. The van der Waals surface area contributed by atoms with Crippen LogP contribution in [-0.4, -0.2) is 3.44 Å². The summed E-state index contributed by atoms with van der Waals surface area (Å²) in [4.78, 5) is 0. The summed E-state index contributed by atoms with van der Waals surface area (Å²) in [6, 6.07) is 0. The van der Waals surface area contributed by atoms with Gasteiger partial charge in [0.05, 0.1) is 0 Å². The van der Waals surface area contributed by atoms with E-state index in [4.69, 9.17) is 13.7 Å². The number of hydrogen-bond acceptors (Lipinski definition) is 4. The van der Waals surface area contributed by atoms with Gasteiger partial charge >= 0.3 is 54.8 Å². The molecule has 10 heteroatoms. The van der Waals surface area contributed by atoms with Crippen molar-refractivity contribution >= 4 is 0 Å². The van der Waals surface area contributed by atoms with Gasteiger partial charge in [-0.1, -0.05) is 0 Å². The second-order valence-electron chi connectivity index (χ2n) is 0.396. The zero-order valence-electron chi connectivity index (χ0n) is 4.09. The van der Waals surface area contributed by atoms with Crippen LogP contribution in [0.5, 0.6) is 0 Å². The van der Waals surface area contributed by atoms with E-state index in [2.05, 4.69) is 0 Å². The van der Waals surface area contributed by atoms with Gasteiger partial charge in [-0.2, -0.15) is 0 Å². The fourth-order valence-electron chi connectivity index (χ4n) is 0. The summed E-state index contributed by atoms with van der Waals surface area (Å²) in [5.41, 5.74) is 0. The Morgan fingerprint density at radius 3 is 0.800 bits per heavy atom. The van der Waals surface area contributed by atoms with Gasteiger partial charge in [0.25, 0.3) is 0 Å². The maximum Gasteiger partial charge on any atom is 3.00 e. The summed E-state index contributed by atoms with van der Waals surface area (Å²) in [7, 11) is 0. The maximum atomic E-state index is 8.73. The number of halogens is 1. The third kappa shape index (κ3) is 301. The smallest absolute Gasteiger partial charge is 2.00 e. The van der Waals surface area contributed by atoms with Crippen LogP contribution >= 0.6 is 0 Å². The Morgan fingerprint density at radius 1 is 0.800 bits per heavy atom. The van der Waals surface area contributed by atoms with Crippen molar-refractivity contribution in [2.24, 2.45) is 0 Å². The normalized spacial score (nSPS) is 6.00.